The molecular formula is C21H23NO6S. The number of nitrogens with one attached hydrogen (secondary N) is 1. The number of carbonyl (C=O) groups is 2. The molecule has 0 aliphatic carbocycles. The number of hydrogen-bond donors (Lipinski definition) is 1. The van der Waals surface area contributed by atoms with Crippen molar-refractivity contribution >= 4 is 21.7 Å². The molecule has 0 radical (unpaired) electrons. The fourth-order valence-corrected chi connectivity index (χ4v) is 4.78. The van der Waals surface area contributed by atoms with Crippen LogP contribution in [0, 0.1) is 0 Å². The minimum Gasteiger partial charge on any atom is -0.482 e. The Kier molecular flexibility index (Phi) is 6.87. The number of rotatable bonds is 8. The van der Waals surface area contributed by atoms with Crippen molar-refractivity contribution in [3.63, 3.8) is 0 Å². The first-order chi connectivity index (χ1) is 13.9. The second kappa shape index (κ2) is 9.56. The van der Waals surface area contributed by atoms with E-state index >= 15 is 0 Å². The van der Waals surface area contributed by atoms with Gasteiger partial charge in [0.1, 0.15) is 5.75 Å². The smallest absolute Gasteiger partial charge is 0.344 e. The predicted molar refractivity (Wildman–Crippen MR) is 107 cm³/mol. The lowest BCUT2D eigenvalue weighted by Gasteiger charge is -2.13. The molecule has 1 aliphatic rings. The molecule has 0 unspecified atom stereocenters. The number of amides is 1. The Hall–Kier alpha value is -2.87. The molecule has 1 amide bonds. The zero-order chi connectivity index (χ0) is 20.7. The Labute approximate surface area is 169 Å². The average Bonchev–Trinajstić information content (AvgIpc) is 3.04. The molecule has 1 aliphatic heterocycles. The Morgan fingerprint density at radius 1 is 1.00 bits per heavy atom. The summed E-state index contributed by atoms with van der Waals surface area (Å²) in [7, 11) is -3.08. The van der Waals surface area contributed by atoms with Crippen molar-refractivity contribution in [3.8, 4) is 5.75 Å². The van der Waals surface area contributed by atoms with Gasteiger partial charge in [-0.3, -0.25) is 4.79 Å². The lowest BCUT2D eigenvalue weighted by molar-refractivity contribution is -0.150. The summed E-state index contributed by atoms with van der Waals surface area (Å²) in [6, 6.07) is 16.9. The van der Waals surface area contributed by atoms with E-state index in [4.69, 9.17) is 9.47 Å². The van der Waals surface area contributed by atoms with Crippen molar-refractivity contribution in [2.75, 3.05) is 24.7 Å². The van der Waals surface area contributed by atoms with Gasteiger partial charge in [0.05, 0.1) is 11.5 Å². The van der Waals surface area contributed by atoms with Crippen LogP contribution >= 0.6 is 0 Å². The van der Waals surface area contributed by atoms with Crippen molar-refractivity contribution in [3.05, 3.63) is 65.7 Å². The van der Waals surface area contributed by atoms with Crippen molar-refractivity contribution < 1.29 is 27.5 Å². The molecule has 2 aromatic carbocycles. The second-order valence-corrected chi connectivity index (χ2v) is 9.12. The zero-order valence-electron chi connectivity index (χ0n) is 15.9. The van der Waals surface area contributed by atoms with Crippen molar-refractivity contribution in [2.24, 2.45) is 0 Å². The van der Waals surface area contributed by atoms with E-state index in [9.17, 15) is 18.0 Å². The van der Waals surface area contributed by atoms with E-state index in [2.05, 4.69) is 5.32 Å². The molecule has 1 saturated heterocycles. The average molecular weight is 417 g/mol. The van der Waals surface area contributed by atoms with Gasteiger partial charge in [0.2, 0.25) is 0 Å². The molecule has 1 N–H and O–H groups in total. The lowest BCUT2D eigenvalue weighted by atomic mass is 10.0. The van der Waals surface area contributed by atoms with E-state index in [0.29, 0.717) is 18.6 Å². The van der Waals surface area contributed by atoms with Crippen LogP contribution in [-0.4, -0.2) is 51.1 Å². The van der Waals surface area contributed by atoms with E-state index in [0.717, 1.165) is 11.1 Å². The fourth-order valence-electron chi connectivity index (χ4n) is 3.11. The maximum Gasteiger partial charge on any atom is 0.344 e. The number of esters is 1. The standard InChI is InChI=1S/C21H23NO6S/c23-20(22-18-10-11-29(25,26)15-18)13-28-21(24)14-27-19-9-5-4-8-17(19)12-16-6-2-1-3-7-16/h1-9,18H,10-15H2,(H,22,23)/t18-/m1/s1. The van der Waals surface area contributed by atoms with Crippen LogP contribution < -0.4 is 10.1 Å². The van der Waals surface area contributed by atoms with Crippen LogP contribution in [0.25, 0.3) is 0 Å². The van der Waals surface area contributed by atoms with Crippen LogP contribution in [0.15, 0.2) is 54.6 Å². The Morgan fingerprint density at radius 2 is 1.72 bits per heavy atom. The quantitative estimate of drug-likeness (QED) is 0.654. The van der Waals surface area contributed by atoms with Gasteiger partial charge in [-0.25, -0.2) is 13.2 Å². The van der Waals surface area contributed by atoms with Crippen LogP contribution in [0.4, 0.5) is 0 Å². The molecule has 8 heteroatoms. The number of ether oxygens (including phenoxy) is 2. The molecule has 29 heavy (non-hydrogen) atoms. The van der Waals surface area contributed by atoms with E-state index in [1.165, 1.54) is 0 Å². The molecule has 0 spiro atoms. The van der Waals surface area contributed by atoms with E-state index in [1.807, 2.05) is 48.5 Å². The largest absolute Gasteiger partial charge is 0.482 e. The molecule has 2 aromatic rings. The van der Waals surface area contributed by atoms with Crippen molar-refractivity contribution in [1.29, 1.82) is 0 Å². The maximum atomic E-state index is 11.9. The molecule has 0 saturated carbocycles. The van der Waals surface area contributed by atoms with E-state index in [-0.39, 0.29) is 18.1 Å². The van der Waals surface area contributed by atoms with Gasteiger partial charge in [-0.2, -0.15) is 0 Å². The summed E-state index contributed by atoms with van der Waals surface area (Å²) in [6.45, 7) is -0.790. The summed E-state index contributed by atoms with van der Waals surface area (Å²) in [4.78, 5) is 23.7. The third-order valence-corrected chi connectivity index (χ3v) is 6.29. The van der Waals surface area contributed by atoms with Gasteiger partial charge in [0, 0.05) is 12.5 Å². The first kappa shape index (κ1) is 20.9. The molecule has 7 nitrogen and oxygen atoms in total. The highest BCUT2D eigenvalue weighted by Crippen LogP contribution is 2.21. The summed E-state index contributed by atoms with van der Waals surface area (Å²) in [5.74, 6) is -0.630. The highest BCUT2D eigenvalue weighted by Gasteiger charge is 2.29. The molecular weight excluding hydrogens is 394 g/mol. The van der Waals surface area contributed by atoms with Gasteiger partial charge in [-0.1, -0.05) is 48.5 Å². The number of sulfone groups is 1. The number of para-hydroxylation sites is 1. The van der Waals surface area contributed by atoms with Gasteiger partial charge >= 0.3 is 5.97 Å². The Morgan fingerprint density at radius 3 is 2.45 bits per heavy atom. The van der Waals surface area contributed by atoms with Crippen LogP contribution in [0.5, 0.6) is 5.75 Å². The Bertz CT molecular complexity index is 958. The fraction of sp³-hybridized carbons (Fsp3) is 0.333. The first-order valence-corrected chi connectivity index (χ1v) is 11.1. The number of hydrogen-bond acceptors (Lipinski definition) is 6. The lowest BCUT2D eigenvalue weighted by Crippen LogP contribution is -2.38. The predicted octanol–water partition coefficient (Wildman–Crippen LogP) is 1.50. The van der Waals surface area contributed by atoms with Crippen molar-refractivity contribution in [1.82, 2.24) is 5.32 Å². The highest BCUT2D eigenvalue weighted by molar-refractivity contribution is 7.91. The molecule has 3 rings (SSSR count). The van der Waals surface area contributed by atoms with Gasteiger partial charge in [0.15, 0.2) is 23.1 Å². The Balaban J connectivity index is 1.44. The molecule has 0 bridgehead atoms. The first-order valence-electron chi connectivity index (χ1n) is 9.31. The molecule has 154 valence electrons. The summed E-state index contributed by atoms with van der Waals surface area (Å²) in [6.07, 6.45) is 1.04. The summed E-state index contributed by atoms with van der Waals surface area (Å²) >= 11 is 0. The summed E-state index contributed by atoms with van der Waals surface area (Å²) in [5, 5.41) is 2.56. The molecule has 1 fully saturated rings. The normalized spacial score (nSPS) is 17.4. The monoisotopic (exact) mass is 417 g/mol. The number of carbonyl (C=O) groups excluding carboxylic acids is 2. The van der Waals surface area contributed by atoms with E-state index in [1.54, 1.807) is 6.07 Å². The van der Waals surface area contributed by atoms with Gasteiger partial charge < -0.3 is 14.8 Å². The van der Waals surface area contributed by atoms with Crippen LogP contribution in [0.3, 0.4) is 0 Å². The summed E-state index contributed by atoms with van der Waals surface area (Å²) < 4.78 is 33.3. The summed E-state index contributed by atoms with van der Waals surface area (Å²) in [5.41, 5.74) is 2.06. The van der Waals surface area contributed by atoms with Crippen molar-refractivity contribution in [2.45, 2.75) is 18.9 Å². The van der Waals surface area contributed by atoms with Gasteiger partial charge in [0.25, 0.3) is 5.91 Å². The maximum absolute atomic E-state index is 11.9. The van der Waals surface area contributed by atoms with Gasteiger partial charge in [-0.15, -0.1) is 0 Å². The molecule has 1 atom stereocenters. The number of benzene rings is 2. The second-order valence-electron chi connectivity index (χ2n) is 6.89. The SMILES string of the molecule is O=C(COC(=O)COc1ccccc1Cc1ccccc1)N[C@@H]1CCS(=O)(=O)C1. The third-order valence-electron chi connectivity index (χ3n) is 4.52. The third kappa shape index (κ3) is 6.60. The minimum atomic E-state index is -3.08. The molecule has 1 heterocycles. The van der Waals surface area contributed by atoms with Crippen LogP contribution in [0.2, 0.25) is 0 Å². The van der Waals surface area contributed by atoms with Gasteiger partial charge in [-0.05, 0) is 23.6 Å². The van der Waals surface area contributed by atoms with Crippen LogP contribution in [0.1, 0.15) is 17.5 Å². The molecule has 0 aromatic heterocycles. The topological polar surface area (TPSA) is 98.8 Å². The highest BCUT2D eigenvalue weighted by atomic mass is 32.2. The van der Waals surface area contributed by atoms with Crippen LogP contribution in [-0.2, 0) is 30.6 Å². The van der Waals surface area contributed by atoms with E-state index < -0.39 is 34.4 Å². The minimum absolute atomic E-state index is 0.0635. The zero-order valence-corrected chi connectivity index (χ0v) is 16.7.